The maximum atomic E-state index is 13.3. The van der Waals surface area contributed by atoms with E-state index in [0.29, 0.717) is 18.2 Å². The topological polar surface area (TPSA) is 52.3 Å². The standard InChI is InChI=1S/C13H14F5NO2/c1-2-21-11(20)12(7-19,6-13(16,17)18)8-3-9(14)5-10(15)4-8/h3-5H,2,6-7,19H2,1H3. The fraction of sp³-hybridized carbons (Fsp3) is 0.462. The van der Waals surface area contributed by atoms with Crippen molar-refractivity contribution < 1.29 is 31.5 Å². The summed E-state index contributed by atoms with van der Waals surface area (Å²) < 4.78 is 69.5. The molecular formula is C13H14F5NO2. The van der Waals surface area contributed by atoms with Crippen molar-refractivity contribution in [2.45, 2.75) is 24.9 Å². The molecule has 0 radical (unpaired) electrons. The van der Waals surface area contributed by atoms with Gasteiger partial charge in [-0.1, -0.05) is 0 Å². The minimum absolute atomic E-state index is 0.184. The summed E-state index contributed by atoms with van der Waals surface area (Å²) in [5.74, 6) is -3.47. The van der Waals surface area contributed by atoms with Crippen molar-refractivity contribution in [2.75, 3.05) is 13.2 Å². The summed E-state index contributed by atoms with van der Waals surface area (Å²) in [7, 11) is 0. The van der Waals surface area contributed by atoms with Gasteiger partial charge in [0.25, 0.3) is 0 Å². The Bertz CT molecular complexity index is 498. The molecule has 3 nitrogen and oxygen atoms in total. The summed E-state index contributed by atoms with van der Waals surface area (Å²) in [6, 6.07) is 1.79. The highest BCUT2D eigenvalue weighted by Crippen LogP contribution is 2.37. The number of alkyl halides is 3. The second-order valence-electron chi connectivity index (χ2n) is 4.46. The van der Waals surface area contributed by atoms with E-state index in [2.05, 4.69) is 4.74 Å². The zero-order valence-corrected chi connectivity index (χ0v) is 11.1. The lowest BCUT2D eigenvalue weighted by Gasteiger charge is -2.31. The van der Waals surface area contributed by atoms with Crippen LogP contribution in [0.3, 0.4) is 0 Å². The molecule has 0 amide bonds. The predicted octanol–water partition coefficient (Wildman–Crippen LogP) is 2.68. The molecule has 0 saturated heterocycles. The van der Waals surface area contributed by atoms with Gasteiger partial charge in [0.1, 0.15) is 17.0 Å². The van der Waals surface area contributed by atoms with Gasteiger partial charge >= 0.3 is 12.1 Å². The minimum atomic E-state index is -4.77. The van der Waals surface area contributed by atoms with E-state index >= 15 is 0 Å². The molecule has 0 aliphatic heterocycles. The summed E-state index contributed by atoms with van der Waals surface area (Å²) >= 11 is 0. The highest BCUT2D eigenvalue weighted by molar-refractivity contribution is 5.83. The third kappa shape index (κ3) is 4.13. The normalized spacial score (nSPS) is 14.6. The van der Waals surface area contributed by atoms with Crippen LogP contribution in [-0.4, -0.2) is 25.3 Å². The van der Waals surface area contributed by atoms with E-state index in [0.717, 1.165) is 0 Å². The van der Waals surface area contributed by atoms with Gasteiger partial charge < -0.3 is 10.5 Å². The number of hydrogen-bond donors (Lipinski definition) is 1. The molecule has 21 heavy (non-hydrogen) atoms. The van der Waals surface area contributed by atoms with Crippen LogP contribution < -0.4 is 5.73 Å². The van der Waals surface area contributed by atoms with E-state index in [4.69, 9.17) is 5.73 Å². The zero-order chi connectivity index (χ0) is 16.3. The second-order valence-corrected chi connectivity index (χ2v) is 4.46. The molecule has 8 heteroatoms. The number of ether oxygens (including phenoxy) is 1. The van der Waals surface area contributed by atoms with Crippen LogP contribution in [0.2, 0.25) is 0 Å². The first-order valence-electron chi connectivity index (χ1n) is 6.05. The molecule has 0 aliphatic carbocycles. The quantitative estimate of drug-likeness (QED) is 0.672. The highest BCUT2D eigenvalue weighted by atomic mass is 19.4. The lowest BCUT2D eigenvalue weighted by atomic mass is 9.77. The number of hydrogen-bond acceptors (Lipinski definition) is 3. The second kappa shape index (κ2) is 6.38. The Morgan fingerprint density at radius 1 is 1.19 bits per heavy atom. The van der Waals surface area contributed by atoms with E-state index in [1.807, 2.05) is 0 Å². The largest absolute Gasteiger partial charge is 0.465 e. The molecule has 2 N–H and O–H groups in total. The fourth-order valence-electron chi connectivity index (χ4n) is 2.01. The number of nitrogens with two attached hydrogens (primary N) is 1. The van der Waals surface area contributed by atoms with Crippen LogP contribution >= 0.6 is 0 Å². The Kier molecular flexibility index (Phi) is 5.27. The number of esters is 1. The van der Waals surface area contributed by atoms with E-state index in [1.54, 1.807) is 0 Å². The maximum Gasteiger partial charge on any atom is 0.390 e. The maximum absolute atomic E-state index is 13.3. The first kappa shape index (κ1) is 17.4. The molecule has 0 heterocycles. The Hall–Kier alpha value is -1.70. The van der Waals surface area contributed by atoms with Crippen LogP contribution in [0.15, 0.2) is 18.2 Å². The Labute approximate surface area is 117 Å². The van der Waals surface area contributed by atoms with Crippen molar-refractivity contribution in [1.82, 2.24) is 0 Å². The Balaban J connectivity index is 3.44. The van der Waals surface area contributed by atoms with E-state index in [-0.39, 0.29) is 6.61 Å². The number of rotatable bonds is 5. The van der Waals surface area contributed by atoms with Gasteiger partial charge in [0.15, 0.2) is 0 Å². The van der Waals surface area contributed by atoms with Crippen LogP contribution in [0.1, 0.15) is 18.9 Å². The van der Waals surface area contributed by atoms with Gasteiger partial charge in [-0.25, -0.2) is 8.78 Å². The molecule has 0 spiro atoms. The molecule has 0 aromatic heterocycles. The number of carbonyl (C=O) groups excluding carboxylic acids is 1. The van der Waals surface area contributed by atoms with Crippen LogP contribution in [0, 0.1) is 11.6 Å². The van der Waals surface area contributed by atoms with E-state index in [9.17, 15) is 26.7 Å². The van der Waals surface area contributed by atoms with Gasteiger partial charge in [-0.15, -0.1) is 0 Å². The molecule has 1 unspecified atom stereocenters. The third-order valence-electron chi connectivity index (χ3n) is 2.93. The molecule has 118 valence electrons. The third-order valence-corrected chi connectivity index (χ3v) is 2.93. The predicted molar refractivity (Wildman–Crippen MR) is 64.4 cm³/mol. The molecule has 1 aromatic carbocycles. The lowest BCUT2D eigenvalue weighted by molar-refractivity contribution is -0.171. The smallest absolute Gasteiger partial charge is 0.390 e. The van der Waals surface area contributed by atoms with Gasteiger partial charge in [0, 0.05) is 12.6 Å². The van der Waals surface area contributed by atoms with Crippen molar-refractivity contribution in [1.29, 1.82) is 0 Å². The monoisotopic (exact) mass is 311 g/mol. The Morgan fingerprint density at radius 3 is 2.10 bits per heavy atom. The van der Waals surface area contributed by atoms with Crippen molar-refractivity contribution in [2.24, 2.45) is 5.73 Å². The summed E-state index contributed by atoms with van der Waals surface area (Å²) in [6.07, 6.45) is -6.44. The van der Waals surface area contributed by atoms with Gasteiger partial charge in [0.05, 0.1) is 13.0 Å². The number of halogens is 5. The van der Waals surface area contributed by atoms with Crippen LogP contribution in [0.25, 0.3) is 0 Å². The van der Waals surface area contributed by atoms with Crippen molar-refractivity contribution in [3.63, 3.8) is 0 Å². The van der Waals surface area contributed by atoms with Crippen LogP contribution in [0.5, 0.6) is 0 Å². The molecule has 0 saturated carbocycles. The number of carbonyl (C=O) groups is 1. The highest BCUT2D eigenvalue weighted by Gasteiger charge is 2.49. The van der Waals surface area contributed by atoms with Gasteiger partial charge in [-0.3, -0.25) is 4.79 Å². The molecular weight excluding hydrogens is 297 g/mol. The summed E-state index contributed by atoms with van der Waals surface area (Å²) in [5.41, 5.74) is 2.45. The zero-order valence-electron chi connectivity index (χ0n) is 11.1. The van der Waals surface area contributed by atoms with Crippen molar-refractivity contribution >= 4 is 5.97 Å². The summed E-state index contributed by atoms with van der Waals surface area (Å²) in [6.45, 7) is 0.420. The average molecular weight is 311 g/mol. The van der Waals surface area contributed by atoms with Gasteiger partial charge in [-0.2, -0.15) is 13.2 Å². The molecule has 0 bridgehead atoms. The molecule has 0 fully saturated rings. The molecule has 1 aromatic rings. The fourth-order valence-corrected chi connectivity index (χ4v) is 2.01. The van der Waals surface area contributed by atoms with Crippen molar-refractivity contribution in [3.05, 3.63) is 35.4 Å². The molecule has 0 aliphatic rings. The first-order valence-corrected chi connectivity index (χ1v) is 6.05. The summed E-state index contributed by atoms with van der Waals surface area (Å²) in [4.78, 5) is 11.9. The SMILES string of the molecule is CCOC(=O)C(CN)(CC(F)(F)F)c1cc(F)cc(F)c1. The van der Waals surface area contributed by atoms with Crippen LogP contribution in [0.4, 0.5) is 22.0 Å². The molecule has 1 rings (SSSR count). The lowest BCUT2D eigenvalue weighted by Crippen LogP contribution is -2.47. The Morgan fingerprint density at radius 2 is 1.71 bits per heavy atom. The average Bonchev–Trinajstić information content (AvgIpc) is 2.33. The number of benzene rings is 1. The molecule has 1 atom stereocenters. The first-order chi connectivity index (χ1) is 9.64. The van der Waals surface area contributed by atoms with E-state index < -0.39 is 47.7 Å². The minimum Gasteiger partial charge on any atom is -0.465 e. The van der Waals surface area contributed by atoms with Crippen LogP contribution in [-0.2, 0) is 14.9 Å². The van der Waals surface area contributed by atoms with E-state index in [1.165, 1.54) is 6.92 Å². The van der Waals surface area contributed by atoms with Gasteiger partial charge in [-0.05, 0) is 24.6 Å². The summed E-state index contributed by atoms with van der Waals surface area (Å²) in [5, 5.41) is 0. The van der Waals surface area contributed by atoms with Crippen molar-refractivity contribution in [3.8, 4) is 0 Å². The van der Waals surface area contributed by atoms with Gasteiger partial charge in [0.2, 0.25) is 0 Å².